The topological polar surface area (TPSA) is 75.8 Å². The van der Waals surface area contributed by atoms with Crippen LogP contribution < -0.4 is 4.74 Å². The highest BCUT2D eigenvalue weighted by Gasteiger charge is 2.11. The van der Waals surface area contributed by atoms with Crippen molar-refractivity contribution in [2.24, 2.45) is 0 Å². The van der Waals surface area contributed by atoms with E-state index in [4.69, 9.17) is 4.74 Å². The summed E-state index contributed by atoms with van der Waals surface area (Å²) in [7, 11) is 1.70. The van der Waals surface area contributed by atoms with Crippen LogP contribution in [0.2, 0.25) is 0 Å². The zero-order chi connectivity index (χ0) is 12.1. The number of rotatable bonds is 5. The number of hydrogen-bond donors (Lipinski definition) is 1. The Morgan fingerprint density at radius 3 is 2.50 bits per heavy atom. The van der Waals surface area contributed by atoms with Gasteiger partial charge in [-0.15, -0.1) is 0 Å². The lowest BCUT2D eigenvalue weighted by Crippen LogP contribution is -2.35. The van der Waals surface area contributed by atoms with Crippen LogP contribution in [0.15, 0.2) is 24.3 Å². The van der Waals surface area contributed by atoms with Crippen molar-refractivity contribution < 1.29 is 14.8 Å². The maximum atomic E-state index is 10.4. The van der Waals surface area contributed by atoms with E-state index in [-0.39, 0.29) is 5.69 Å². The second-order valence-corrected chi connectivity index (χ2v) is 3.27. The van der Waals surface area contributed by atoms with Crippen LogP contribution in [0, 0.1) is 10.1 Å². The molecule has 1 aromatic carbocycles. The molecule has 0 spiro atoms. The van der Waals surface area contributed by atoms with Gasteiger partial charge in [-0.2, -0.15) is 0 Å². The minimum atomic E-state index is -1.05. The van der Waals surface area contributed by atoms with E-state index in [0.29, 0.717) is 12.3 Å². The molecule has 1 aromatic rings. The van der Waals surface area contributed by atoms with Gasteiger partial charge in [0, 0.05) is 18.7 Å². The van der Waals surface area contributed by atoms with Gasteiger partial charge in [-0.25, -0.2) is 4.90 Å². The number of benzene rings is 1. The fourth-order valence-electron chi connectivity index (χ4n) is 1.01. The molecular weight excluding hydrogens is 212 g/mol. The van der Waals surface area contributed by atoms with Crippen LogP contribution in [-0.4, -0.2) is 34.9 Å². The number of hydrogen-bond acceptors (Lipinski definition) is 5. The lowest BCUT2D eigenvalue weighted by atomic mass is 10.3. The van der Waals surface area contributed by atoms with E-state index in [1.54, 1.807) is 11.9 Å². The number of non-ortho nitro benzene ring substituents is 1. The van der Waals surface area contributed by atoms with Gasteiger partial charge < -0.3 is 9.84 Å². The minimum Gasteiger partial charge on any atom is -0.451 e. The third kappa shape index (κ3) is 3.18. The summed E-state index contributed by atoms with van der Waals surface area (Å²) in [5.74, 6) is 0.387. The molecule has 16 heavy (non-hydrogen) atoms. The third-order valence-electron chi connectivity index (χ3n) is 2.16. The van der Waals surface area contributed by atoms with Crippen LogP contribution in [0.5, 0.6) is 5.75 Å². The molecule has 0 amide bonds. The molecule has 0 saturated carbocycles. The first-order valence-corrected chi connectivity index (χ1v) is 4.84. The summed E-state index contributed by atoms with van der Waals surface area (Å²) in [4.78, 5) is 11.5. The van der Waals surface area contributed by atoms with Crippen LogP contribution in [0.1, 0.15) is 6.92 Å². The quantitative estimate of drug-likeness (QED) is 0.464. The van der Waals surface area contributed by atoms with Crippen molar-refractivity contribution in [1.82, 2.24) is 4.90 Å². The van der Waals surface area contributed by atoms with Gasteiger partial charge in [0.05, 0.1) is 4.92 Å². The summed E-state index contributed by atoms with van der Waals surface area (Å²) in [6.45, 7) is 2.51. The SMILES string of the molecule is CCN(C)[C@@H](O)Oc1ccc([N+](=O)[O-])cc1. The van der Waals surface area contributed by atoms with Crippen molar-refractivity contribution in [2.75, 3.05) is 13.6 Å². The molecule has 0 aliphatic heterocycles. The van der Waals surface area contributed by atoms with Gasteiger partial charge in [0.2, 0.25) is 0 Å². The maximum absolute atomic E-state index is 10.4. The number of aliphatic hydroxyl groups excluding tert-OH is 1. The standard InChI is InChI=1S/C10H14N2O4/c1-3-11(2)10(13)16-9-6-4-8(5-7-9)12(14)15/h4-7,10,13H,3H2,1-2H3/t10-/m0/s1. The predicted molar refractivity (Wildman–Crippen MR) is 58.0 cm³/mol. The molecular formula is C10H14N2O4. The zero-order valence-electron chi connectivity index (χ0n) is 9.16. The van der Waals surface area contributed by atoms with Crippen molar-refractivity contribution in [3.8, 4) is 5.75 Å². The van der Waals surface area contributed by atoms with E-state index in [0.717, 1.165) is 0 Å². The van der Waals surface area contributed by atoms with Crippen LogP contribution >= 0.6 is 0 Å². The van der Waals surface area contributed by atoms with Crippen molar-refractivity contribution in [1.29, 1.82) is 0 Å². The predicted octanol–water partition coefficient (Wildman–Crippen LogP) is 1.20. The Balaban J connectivity index is 2.65. The first kappa shape index (κ1) is 12.4. The van der Waals surface area contributed by atoms with Gasteiger partial charge in [-0.3, -0.25) is 10.1 Å². The molecule has 0 heterocycles. The van der Waals surface area contributed by atoms with Gasteiger partial charge >= 0.3 is 0 Å². The van der Waals surface area contributed by atoms with Gasteiger partial charge in [0.25, 0.3) is 12.1 Å². The smallest absolute Gasteiger partial charge is 0.269 e. The van der Waals surface area contributed by atoms with Crippen LogP contribution in [-0.2, 0) is 0 Å². The molecule has 0 saturated heterocycles. The highest BCUT2D eigenvalue weighted by atomic mass is 16.6. The summed E-state index contributed by atoms with van der Waals surface area (Å²) in [6, 6.07) is 5.55. The van der Waals surface area contributed by atoms with Gasteiger partial charge in [-0.1, -0.05) is 6.92 Å². The molecule has 1 atom stereocenters. The number of aliphatic hydroxyl groups is 1. The second kappa shape index (κ2) is 5.43. The highest BCUT2D eigenvalue weighted by molar-refractivity contribution is 5.35. The van der Waals surface area contributed by atoms with Gasteiger partial charge in [0.1, 0.15) is 5.75 Å². The van der Waals surface area contributed by atoms with E-state index >= 15 is 0 Å². The summed E-state index contributed by atoms with van der Waals surface area (Å²) < 4.78 is 5.16. The molecule has 6 heteroatoms. The fraction of sp³-hybridized carbons (Fsp3) is 0.400. The van der Waals surface area contributed by atoms with Crippen LogP contribution in [0.3, 0.4) is 0 Å². The van der Waals surface area contributed by atoms with Crippen molar-refractivity contribution in [3.63, 3.8) is 0 Å². The Bertz CT molecular complexity index is 352. The first-order chi connectivity index (χ1) is 7.54. The molecule has 6 nitrogen and oxygen atoms in total. The lowest BCUT2D eigenvalue weighted by Gasteiger charge is -2.21. The average molecular weight is 226 g/mol. The monoisotopic (exact) mass is 226 g/mol. The van der Waals surface area contributed by atoms with E-state index in [9.17, 15) is 15.2 Å². The Labute approximate surface area is 93.2 Å². The molecule has 88 valence electrons. The highest BCUT2D eigenvalue weighted by Crippen LogP contribution is 2.18. The maximum Gasteiger partial charge on any atom is 0.269 e. The van der Waals surface area contributed by atoms with E-state index in [2.05, 4.69) is 0 Å². The molecule has 0 fully saturated rings. The summed E-state index contributed by atoms with van der Waals surface area (Å²) in [6.07, 6.45) is -1.05. The van der Waals surface area contributed by atoms with Gasteiger partial charge in [-0.05, 0) is 19.2 Å². The summed E-state index contributed by atoms with van der Waals surface area (Å²) in [5, 5.41) is 19.9. The fourth-order valence-corrected chi connectivity index (χ4v) is 1.01. The Kier molecular flexibility index (Phi) is 4.21. The summed E-state index contributed by atoms with van der Waals surface area (Å²) in [5.41, 5.74) is -0.00862. The van der Waals surface area contributed by atoms with Crippen molar-refractivity contribution >= 4 is 5.69 Å². The van der Waals surface area contributed by atoms with Crippen molar-refractivity contribution in [2.45, 2.75) is 13.3 Å². The van der Waals surface area contributed by atoms with E-state index in [1.807, 2.05) is 6.92 Å². The second-order valence-electron chi connectivity index (χ2n) is 3.27. The largest absolute Gasteiger partial charge is 0.451 e. The van der Waals surface area contributed by atoms with E-state index < -0.39 is 11.3 Å². The summed E-state index contributed by atoms with van der Waals surface area (Å²) >= 11 is 0. The lowest BCUT2D eigenvalue weighted by molar-refractivity contribution is -0.384. The molecule has 0 unspecified atom stereocenters. The van der Waals surface area contributed by atoms with Gasteiger partial charge in [0.15, 0.2) is 0 Å². The molecule has 0 aliphatic rings. The normalized spacial score (nSPS) is 12.5. The van der Waals surface area contributed by atoms with E-state index in [1.165, 1.54) is 24.3 Å². The third-order valence-corrected chi connectivity index (χ3v) is 2.16. The number of nitro benzene ring substituents is 1. The number of ether oxygens (including phenoxy) is 1. The average Bonchev–Trinajstić information content (AvgIpc) is 2.28. The number of nitrogens with zero attached hydrogens (tertiary/aromatic N) is 2. The molecule has 0 aliphatic carbocycles. The molecule has 1 rings (SSSR count). The molecule has 0 radical (unpaired) electrons. The minimum absolute atomic E-state index is 0.00862. The zero-order valence-corrected chi connectivity index (χ0v) is 9.16. The molecule has 0 aromatic heterocycles. The molecule has 1 N–H and O–H groups in total. The van der Waals surface area contributed by atoms with Crippen LogP contribution in [0.4, 0.5) is 5.69 Å². The Morgan fingerprint density at radius 2 is 2.06 bits per heavy atom. The van der Waals surface area contributed by atoms with Crippen LogP contribution in [0.25, 0.3) is 0 Å². The Hall–Kier alpha value is -1.66. The Morgan fingerprint density at radius 1 is 1.50 bits per heavy atom. The first-order valence-electron chi connectivity index (χ1n) is 4.84. The number of nitro groups is 1. The van der Waals surface area contributed by atoms with Crippen molar-refractivity contribution in [3.05, 3.63) is 34.4 Å². The molecule has 0 bridgehead atoms.